The van der Waals surface area contributed by atoms with E-state index in [9.17, 15) is 4.79 Å². The Hall–Kier alpha value is -2.54. The zero-order valence-corrected chi connectivity index (χ0v) is 13.6. The number of anilines is 1. The van der Waals surface area contributed by atoms with Gasteiger partial charge >= 0.3 is 5.97 Å². The number of hydrogen-bond acceptors (Lipinski definition) is 6. The lowest BCUT2D eigenvalue weighted by Gasteiger charge is -2.22. The molecule has 1 aliphatic rings. The molecule has 1 fully saturated rings. The number of pyridine rings is 1. The summed E-state index contributed by atoms with van der Waals surface area (Å²) in [5, 5.41) is 12.4. The van der Waals surface area contributed by atoms with Crippen molar-refractivity contribution in [2.24, 2.45) is 0 Å². The van der Waals surface area contributed by atoms with Gasteiger partial charge in [0.2, 0.25) is 5.95 Å². The monoisotopic (exact) mass is 327 g/mol. The van der Waals surface area contributed by atoms with Crippen molar-refractivity contribution in [3.05, 3.63) is 36.2 Å². The Kier molecular flexibility index (Phi) is 5.00. The molecular weight excluding hydrogens is 306 g/mol. The minimum Gasteiger partial charge on any atom is -0.478 e. The summed E-state index contributed by atoms with van der Waals surface area (Å²) >= 11 is 0. The largest absolute Gasteiger partial charge is 0.478 e. The van der Waals surface area contributed by atoms with Gasteiger partial charge in [-0.25, -0.2) is 14.8 Å². The lowest BCUT2D eigenvalue weighted by atomic mass is 10.2. The van der Waals surface area contributed by atoms with Gasteiger partial charge in [-0.15, -0.1) is 0 Å². The summed E-state index contributed by atoms with van der Waals surface area (Å²) in [7, 11) is 0. The molecule has 7 nitrogen and oxygen atoms in total. The van der Waals surface area contributed by atoms with E-state index < -0.39 is 5.97 Å². The number of carbonyl (C=O) groups is 1. The molecule has 0 spiro atoms. The van der Waals surface area contributed by atoms with E-state index in [2.05, 4.69) is 32.1 Å². The number of likely N-dealkylation sites (tertiary alicyclic amines) is 1. The van der Waals surface area contributed by atoms with Crippen LogP contribution in [-0.4, -0.2) is 56.6 Å². The fourth-order valence-electron chi connectivity index (χ4n) is 3.04. The lowest BCUT2D eigenvalue weighted by Crippen LogP contribution is -2.34. The molecule has 0 aliphatic carbocycles. The van der Waals surface area contributed by atoms with Crippen LogP contribution in [-0.2, 0) is 0 Å². The number of aromatic nitrogens is 3. The first kappa shape index (κ1) is 16.3. The summed E-state index contributed by atoms with van der Waals surface area (Å²) in [4.78, 5) is 26.5. The standard InChI is InChI=1S/C17H21N5O2/c1-2-22-9-3-4-13(22)11-20-17-19-8-6-14(21-17)15-10-12(16(23)24)5-7-18-15/h5-8,10,13H,2-4,9,11H2,1H3,(H,23,24)(H,19,20,21)/t13-/m0/s1. The van der Waals surface area contributed by atoms with Crippen LogP contribution in [0.15, 0.2) is 30.6 Å². The Morgan fingerprint density at radius 3 is 2.96 bits per heavy atom. The third kappa shape index (κ3) is 3.68. The molecule has 1 atom stereocenters. The number of likely N-dealkylation sites (N-methyl/N-ethyl adjacent to an activating group) is 1. The van der Waals surface area contributed by atoms with Crippen LogP contribution in [0.3, 0.4) is 0 Å². The molecule has 7 heteroatoms. The van der Waals surface area contributed by atoms with Crippen molar-refractivity contribution in [2.45, 2.75) is 25.8 Å². The van der Waals surface area contributed by atoms with Crippen LogP contribution in [0.4, 0.5) is 5.95 Å². The van der Waals surface area contributed by atoms with Crippen molar-refractivity contribution >= 4 is 11.9 Å². The van der Waals surface area contributed by atoms with Crippen LogP contribution in [0.1, 0.15) is 30.1 Å². The third-order valence-corrected chi connectivity index (χ3v) is 4.33. The van der Waals surface area contributed by atoms with Gasteiger partial charge in [0.15, 0.2) is 0 Å². The second-order valence-electron chi connectivity index (χ2n) is 5.81. The summed E-state index contributed by atoms with van der Waals surface area (Å²) in [6.07, 6.45) is 5.55. The highest BCUT2D eigenvalue weighted by Crippen LogP contribution is 2.19. The first-order valence-electron chi connectivity index (χ1n) is 8.18. The number of carboxylic acids is 1. The summed E-state index contributed by atoms with van der Waals surface area (Å²) < 4.78 is 0. The van der Waals surface area contributed by atoms with Crippen LogP contribution < -0.4 is 5.32 Å². The molecule has 0 aromatic carbocycles. The molecule has 0 amide bonds. The van der Waals surface area contributed by atoms with Gasteiger partial charge in [-0.3, -0.25) is 9.88 Å². The second-order valence-corrected chi connectivity index (χ2v) is 5.81. The van der Waals surface area contributed by atoms with Crippen molar-refractivity contribution in [3.63, 3.8) is 0 Å². The number of nitrogens with one attached hydrogen (secondary N) is 1. The molecule has 126 valence electrons. The number of carboxylic acid groups (broad SMARTS) is 1. The summed E-state index contributed by atoms with van der Waals surface area (Å²) in [6.45, 7) is 5.19. The van der Waals surface area contributed by atoms with E-state index in [-0.39, 0.29) is 5.56 Å². The predicted molar refractivity (Wildman–Crippen MR) is 91.0 cm³/mol. The van der Waals surface area contributed by atoms with E-state index in [1.807, 2.05) is 0 Å². The Morgan fingerprint density at radius 2 is 2.17 bits per heavy atom. The molecule has 1 saturated heterocycles. The molecule has 2 N–H and O–H groups in total. The lowest BCUT2D eigenvalue weighted by molar-refractivity contribution is 0.0697. The molecule has 2 aromatic heterocycles. The molecule has 24 heavy (non-hydrogen) atoms. The molecule has 1 aliphatic heterocycles. The minimum atomic E-state index is -0.980. The molecule has 0 radical (unpaired) electrons. The molecule has 0 unspecified atom stereocenters. The zero-order chi connectivity index (χ0) is 16.9. The Morgan fingerprint density at radius 1 is 1.33 bits per heavy atom. The second kappa shape index (κ2) is 7.35. The summed E-state index contributed by atoms with van der Waals surface area (Å²) in [6, 6.07) is 5.22. The maximum absolute atomic E-state index is 11.1. The number of nitrogens with zero attached hydrogens (tertiary/aromatic N) is 4. The van der Waals surface area contributed by atoms with Crippen LogP contribution in [0.25, 0.3) is 11.4 Å². The highest BCUT2D eigenvalue weighted by Gasteiger charge is 2.22. The molecular formula is C17H21N5O2. The third-order valence-electron chi connectivity index (χ3n) is 4.33. The molecule has 0 saturated carbocycles. The minimum absolute atomic E-state index is 0.192. The smallest absolute Gasteiger partial charge is 0.335 e. The van der Waals surface area contributed by atoms with Gasteiger partial charge < -0.3 is 10.4 Å². The Labute approximate surface area is 140 Å². The molecule has 3 rings (SSSR count). The van der Waals surface area contributed by atoms with E-state index in [0.717, 1.165) is 19.6 Å². The van der Waals surface area contributed by atoms with Crippen LogP contribution in [0.5, 0.6) is 0 Å². The normalized spacial score (nSPS) is 17.8. The van der Waals surface area contributed by atoms with Gasteiger partial charge in [0, 0.05) is 25.0 Å². The first-order chi connectivity index (χ1) is 11.7. The van der Waals surface area contributed by atoms with Gasteiger partial charge in [-0.1, -0.05) is 6.92 Å². The summed E-state index contributed by atoms with van der Waals surface area (Å²) in [5.41, 5.74) is 1.32. The van der Waals surface area contributed by atoms with Gasteiger partial charge in [0.1, 0.15) is 0 Å². The van der Waals surface area contributed by atoms with E-state index in [1.54, 1.807) is 12.3 Å². The topological polar surface area (TPSA) is 91.2 Å². The van der Waals surface area contributed by atoms with Gasteiger partial charge in [0.05, 0.1) is 17.0 Å². The highest BCUT2D eigenvalue weighted by molar-refractivity contribution is 5.88. The van der Waals surface area contributed by atoms with Crippen LogP contribution in [0.2, 0.25) is 0 Å². The molecule has 2 aromatic rings. The van der Waals surface area contributed by atoms with Gasteiger partial charge in [0.25, 0.3) is 0 Å². The fourth-order valence-corrected chi connectivity index (χ4v) is 3.04. The van der Waals surface area contributed by atoms with Crippen molar-refractivity contribution in [2.75, 3.05) is 25.0 Å². The number of aromatic carboxylic acids is 1. The van der Waals surface area contributed by atoms with Crippen LogP contribution in [0, 0.1) is 0 Å². The first-order valence-corrected chi connectivity index (χ1v) is 8.18. The molecule has 3 heterocycles. The maximum atomic E-state index is 11.1. The average molecular weight is 327 g/mol. The highest BCUT2D eigenvalue weighted by atomic mass is 16.4. The van der Waals surface area contributed by atoms with E-state index >= 15 is 0 Å². The van der Waals surface area contributed by atoms with Crippen molar-refractivity contribution in [3.8, 4) is 11.4 Å². The SMILES string of the molecule is CCN1CCC[C@H]1CNc1nccc(-c2cc(C(=O)O)ccn2)n1. The number of rotatable bonds is 6. The van der Waals surface area contributed by atoms with Crippen molar-refractivity contribution in [1.82, 2.24) is 19.9 Å². The summed E-state index contributed by atoms with van der Waals surface area (Å²) in [5.74, 6) is -0.440. The molecule has 0 bridgehead atoms. The van der Waals surface area contributed by atoms with Gasteiger partial charge in [-0.2, -0.15) is 0 Å². The van der Waals surface area contributed by atoms with Gasteiger partial charge in [-0.05, 0) is 44.1 Å². The van der Waals surface area contributed by atoms with Crippen molar-refractivity contribution in [1.29, 1.82) is 0 Å². The van der Waals surface area contributed by atoms with E-state index in [4.69, 9.17) is 5.11 Å². The van der Waals surface area contributed by atoms with E-state index in [0.29, 0.717) is 23.4 Å². The van der Waals surface area contributed by atoms with Crippen molar-refractivity contribution < 1.29 is 9.90 Å². The van der Waals surface area contributed by atoms with Crippen LogP contribution >= 0.6 is 0 Å². The zero-order valence-electron chi connectivity index (χ0n) is 13.6. The quantitative estimate of drug-likeness (QED) is 0.840. The maximum Gasteiger partial charge on any atom is 0.335 e. The fraction of sp³-hybridized carbons (Fsp3) is 0.412. The average Bonchev–Trinajstić information content (AvgIpc) is 3.08. The Bertz CT molecular complexity index is 722. The van der Waals surface area contributed by atoms with E-state index in [1.165, 1.54) is 31.2 Å². The Balaban J connectivity index is 1.72. The number of hydrogen-bond donors (Lipinski definition) is 2. The predicted octanol–water partition coefficient (Wildman–Crippen LogP) is 2.13.